The van der Waals surface area contributed by atoms with Gasteiger partial charge in [-0.2, -0.15) is 0 Å². The van der Waals surface area contributed by atoms with Gasteiger partial charge >= 0.3 is 17.9 Å². The van der Waals surface area contributed by atoms with Crippen molar-refractivity contribution < 1.29 is 143 Å². The molecule has 17 rings (SSSR count). The number of benzene rings is 3. The monoisotopic (exact) mass is 2010 g/mol. The number of aryl methyl sites for hydroxylation is 3. The summed E-state index contributed by atoms with van der Waals surface area (Å²) in [6.07, 6.45) is 40.4. The molecule has 8 aliphatic carbocycles. The number of carbonyl (C=O) groups excluding carboxylic acids is 6. The van der Waals surface area contributed by atoms with Crippen molar-refractivity contribution in [2.45, 2.75) is 331 Å². The van der Waals surface area contributed by atoms with E-state index in [0.717, 1.165) is 145 Å². The van der Waals surface area contributed by atoms with E-state index in [-0.39, 0.29) is 130 Å². The summed E-state index contributed by atoms with van der Waals surface area (Å²) in [7, 11) is 4.82. The van der Waals surface area contributed by atoms with Crippen LogP contribution in [0, 0.1) is 105 Å². The van der Waals surface area contributed by atoms with Gasteiger partial charge in [0, 0.05) is 73.9 Å². The number of methoxy groups -OCH3 is 3. The number of rotatable bonds is 42. The molecule has 1 unspecified atom stereocenters. The fourth-order valence-corrected chi connectivity index (χ4v) is 23.1. The summed E-state index contributed by atoms with van der Waals surface area (Å²) in [6.45, 7) is 22.8. The summed E-state index contributed by atoms with van der Waals surface area (Å²) in [5.41, 5.74) is 4.73. The van der Waals surface area contributed by atoms with Crippen LogP contribution in [0.15, 0.2) is 54.6 Å². The predicted molar refractivity (Wildman–Crippen MR) is 515 cm³/mol. The molecule has 6 aromatic rings. The molecule has 16 atom stereocenters. The van der Waals surface area contributed by atoms with E-state index < -0.39 is 88.3 Å². The van der Waals surface area contributed by atoms with Crippen molar-refractivity contribution in [1.29, 1.82) is 0 Å². The number of aliphatic carboxylic acids is 3. The molecule has 0 spiro atoms. The average Bonchev–Trinajstić information content (AvgIpc) is 1.63. The smallest absolute Gasteiger partial charge is 0.304 e. The van der Waals surface area contributed by atoms with Crippen LogP contribution >= 0.6 is 0 Å². The number of carboxylic acid groups (broad SMARTS) is 3. The maximum Gasteiger partial charge on any atom is 0.304 e. The summed E-state index contributed by atoms with van der Waals surface area (Å²) >= 11 is 0. The van der Waals surface area contributed by atoms with Crippen LogP contribution in [0.25, 0.3) is 33.1 Å². The van der Waals surface area contributed by atoms with Crippen molar-refractivity contribution in [2.24, 2.45) is 105 Å². The average molecular weight is 2020 g/mol. The van der Waals surface area contributed by atoms with E-state index in [9.17, 15) is 58.5 Å². The molecular formula is C108H150N9O18V3-3. The Morgan fingerprint density at radius 3 is 1.01 bits per heavy atom. The van der Waals surface area contributed by atoms with E-state index in [4.69, 9.17) is 58.3 Å². The molecule has 138 heavy (non-hydrogen) atoms. The van der Waals surface area contributed by atoms with E-state index in [1.54, 1.807) is 21.3 Å². The van der Waals surface area contributed by atoms with Gasteiger partial charge in [-0.05, 0) is 214 Å². The van der Waals surface area contributed by atoms with Crippen molar-refractivity contribution in [1.82, 2.24) is 44.6 Å². The maximum absolute atomic E-state index is 13.8. The van der Waals surface area contributed by atoms with Crippen LogP contribution in [0.1, 0.15) is 293 Å². The number of carbonyl (C=O) groups is 6. The van der Waals surface area contributed by atoms with Crippen LogP contribution in [0.5, 0.6) is 34.9 Å². The predicted octanol–water partition coefficient (Wildman–Crippen LogP) is 19.2. The minimum absolute atomic E-state index is 0. The summed E-state index contributed by atoms with van der Waals surface area (Å²) in [5, 5.41) is 28.6. The number of fused-ring (bicyclic) bond motifs is 9. The summed E-state index contributed by atoms with van der Waals surface area (Å²) in [5.74, 6) is 4.14. The number of hydrogen-bond acceptors (Lipinski definition) is 21. The molecule has 30 heteroatoms. The third kappa shape index (κ3) is 28.8. The fourth-order valence-electron chi connectivity index (χ4n) is 23.1. The third-order valence-corrected chi connectivity index (χ3v) is 31.8. The molecule has 27 nitrogen and oxygen atoms in total. The SMILES string of the molecule is CC[C@@H]1[C@@H](Oc2nc3cc(OC)ccc3nc2CCCCC[C@H]2CC3CCC2CC3)CN(C(=O)[C@@H](CC(=O)O)C(C)(C)C)[C@@H]1[C-]=O.COc1ccc2nc(CCCCC[C@@H]3CC3CC3CC3)c(O[C@H]3CN(C(=O)[C@@H](CC(=O)O)C(C)(C)C)[C@H]([C-]=O)[C@@H]3C)nc2c1.COc1ccc2nc(CCCCC[C@H]3CC4CCC3CC4)c(O[C@H]3CN(C(=O)[C@@H](CC(=O)O)C(C)(C)C)[C@H]([C-]=O)[C@@H]3C)nc2c1.[V].[V].[V]. The first kappa shape index (κ1) is 112. The van der Waals surface area contributed by atoms with Gasteiger partial charge in [-0.25, -0.2) is 48.8 Å². The normalized spacial score (nSPS) is 25.8. The molecule has 3 amide bonds. The summed E-state index contributed by atoms with van der Waals surface area (Å²) in [6, 6.07) is 14.3. The second-order valence-electron chi connectivity index (χ2n) is 44.2. The van der Waals surface area contributed by atoms with Crippen molar-refractivity contribution >= 4 is 87.6 Å². The first-order chi connectivity index (χ1) is 64.5. The van der Waals surface area contributed by atoms with Gasteiger partial charge in [-0.1, -0.05) is 204 Å². The number of carboxylic acids is 3. The van der Waals surface area contributed by atoms with Gasteiger partial charge < -0.3 is 72.8 Å². The molecular weight excluding hydrogens is 1860 g/mol. The summed E-state index contributed by atoms with van der Waals surface area (Å²) in [4.78, 5) is 147. The van der Waals surface area contributed by atoms with Crippen LogP contribution < -0.4 is 28.4 Å². The van der Waals surface area contributed by atoms with Crippen LogP contribution in [-0.4, -0.2) is 192 Å². The molecule has 11 fully saturated rings. The minimum Gasteiger partial charge on any atom is -0.540 e. The second kappa shape index (κ2) is 50.3. The Hall–Kier alpha value is -7.94. The molecule has 3 radical (unpaired) electrons. The Bertz CT molecular complexity index is 5100. The standard InChI is InChI=1S/C37H52N3O6.C36H50N3O6.C35H48N3O6.3V/c1-6-27-32(22-41)40(36(44)28(20-34(42)43)37(2,3)4)21-33(27)46-35-30(38-29-17-16-26(45-5)19-31(29)39-35)11-9-7-8-10-25-18-23-12-14-24(25)15-13-23;1-22-31(21-40)39(35(43)27(19-33(41)42)36(2,3)4)20-32(22)45-34-29(37-28-16-15-26(44-5)18-30(28)38-34)10-8-6-7-9-25-17-23-11-13-24(25)14-12-23;1-21-30(20-39)38(34(42)26(18-32(40)41)35(2,3)4)19-31(21)44-33-28(36-27-14-13-25(43-5)17-29(27)37-33)10-8-6-7-9-23-16-24(23)15-22-11-12-22;;;/h16-17,19,23-25,27-28,32-33H,6-15,18,20-21H2,1-5H3,(H,42,43);15-16,18,22-25,27,31-32H,6-14,17,19-20H2,1-5H3,(H,41,42);13-14,17,21-24,26,30-31H,6-12,15-16,18-19H2,1-5H3,(H,40,41);;;/q3*-1;;;/t23?,24?,25-,27-,28+,32+,33-;22-,23?,24?,25-,27+,31+,32-;21-,23+,24?,26+,30+,31-;;;/m000.../s1. The Morgan fingerprint density at radius 2 is 0.717 bits per heavy atom. The Kier molecular flexibility index (Phi) is 40.9. The van der Waals surface area contributed by atoms with Crippen LogP contribution in [0.3, 0.4) is 0 Å². The van der Waals surface area contributed by atoms with Crippen LogP contribution in [0.4, 0.5) is 0 Å². The number of unbranched alkanes of at least 4 members (excludes halogenated alkanes) is 6. The molecule has 753 valence electrons. The number of amides is 3. The topological polar surface area (TPSA) is 357 Å². The molecule has 3 aromatic carbocycles. The van der Waals surface area contributed by atoms with E-state index >= 15 is 0 Å². The van der Waals surface area contributed by atoms with Crippen molar-refractivity contribution in [3.05, 3.63) is 71.7 Å². The maximum atomic E-state index is 13.8. The van der Waals surface area contributed by atoms with Crippen LogP contribution in [-0.2, 0) is 118 Å². The van der Waals surface area contributed by atoms with E-state index in [1.807, 2.05) is 150 Å². The second-order valence-corrected chi connectivity index (χ2v) is 44.2. The van der Waals surface area contributed by atoms with Gasteiger partial charge in [0.2, 0.25) is 35.4 Å². The number of aromatic nitrogens is 6. The largest absolute Gasteiger partial charge is 0.540 e. The van der Waals surface area contributed by atoms with Gasteiger partial charge in [0.1, 0.15) is 52.6 Å². The first-order valence-electron chi connectivity index (χ1n) is 50.7. The number of nitrogens with zero attached hydrogens (tertiary/aromatic N) is 9. The minimum atomic E-state index is -1.05. The molecule has 3 N–H and O–H groups in total. The third-order valence-electron chi connectivity index (χ3n) is 31.8. The van der Waals surface area contributed by atoms with Gasteiger partial charge in [-0.15, -0.1) is 0 Å². The number of likely N-dealkylation sites (tertiary alicyclic amines) is 3. The van der Waals surface area contributed by atoms with Crippen LogP contribution in [0.2, 0.25) is 0 Å². The molecule has 3 aliphatic heterocycles. The van der Waals surface area contributed by atoms with Gasteiger partial charge in [0.15, 0.2) is 0 Å². The zero-order chi connectivity index (χ0) is 96.9. The molecule has 8 saturated carbocycles. The molecule has 4 bridgehead atoms. The molecule has 6 heterocycles. The van der Waals surface area contributed by atoms with E-state index in [0.29, 0.717) is 57.9 Å². The van der Waals surface area contributed by atoms with Crippen molar-refractivity contribution in [3.63, 3.8) is 0 Å². The van der Waals surface area contributed by atoms with E-state index in [2.05, 4.69) is 6.29 Å². The van der Waals surface area contributed by atoms with Gasteiger partial charge in [0.25, 0.3) is 0 Å². The van der Waals surface area contributed by atoms with Gasteiger partial charge in [-0.3, -0.25) is 28.8 Å². The zero-order valence-corrected chi connectivity index (χ0v) is 88.3. The summed E-state index contributed by atoms with van der Waals surface area (Å²) < 4.78 is 35.9. The number of hydrogen-bond donors (Lipinski definition) is 3. The quantitative estimate of drug-likeness (QED) is 0.0237. The van der Waals surface area contributed by atoms with E-state index in [1.165, 1.54) is 143 Å². The fraction of sp³-hybridized carbons (Fsp3) is 0.694. The van der Waals surface area contributed by atoms with Gasteiger partial charge in [0.05, 0.1) is 111 Å². The molecule has 3 aromatic heterocycles. The Balaban J connectivity index is 0.000000211. The first-order valence-corrected chi connectivity index (χ1v) is 50.7. The molecule has 11 aliphatic rings. The Morgan fingerprint density at radius 1 is 0.399 bits per heavy atom. The van der Waals surface area contributed by atoms with Crippen molar-refractivity contribution in [2.75, 3.05) is 41.0 Å². The Labute approximate surface area is 852 Å². The van der Waals surface area contributed by atoms with Crippen molar-refractivity contribution in [3.8, 4) is 34.9 Å². The molecule has 3 saturated heterocycles. The zero-order valence-electron chi connectivity index (χ0n) is 84.1. The number of ether oxygens (including phenoxy) is 6.